The molecule has 1 N–H and O–H groups in total. The first-order valence-electron chi connectivity index (χ1n) is 6.47. The zero-order chi connectivity index (χ0) is 13.9. The molecule has 1 heterocycles. The predicted octanol–water partition coefficient (Wildman–Crippen LogP) is 2.90. The second-order valence-electron chi connectivity index (χ2n) is 4.62. The summed E-state index contributed by atoms with van der Waals surface area (Å²) in [6.07, 6.45) is 0.794. The van der Waals surface area contributed by atoms with Gasteiger partial charge in [0.05, 0.1) is 0 Å². The highest BCUT2D eigenvalue weighted by Crippen LogP contribution is 2.28. The minimum atomic E-state index is -0.614. The molecule has 0 bridgehead atoms. The molecule has 0 amide bonds. The second-order valence-corrected chi connectivity index (χ2v) is 4.62. The minimum Gasteiger partial charge on any atom is -0.507 e. The predicted molar refractivity (Wildman–Crippen MR) is 72.7 cm³/mol. The highest BCUT2D eigenvalue weighted by atomic mass is 16.7. The van der Waals surface area contributed by atoms with Gasteiger partial charge in [-0.1, -0.05) is 30.3 Å². The molecule has 0 radical (unpaired) electrons. The molecule has 3 rings (SSSR count). The third-order valence-corrected chi connectivity index (χ3v) is 3.24. The lowest BCUT2D eigenvalue weighted by molar-refractivity contribution is -0.0582. The third kappa shape index (κ3) is 2.45. The smallest absolute Gasteiger partial charge is 0.344 e. The third-order valence-electron chi connectivity index (χ3n) is 3.24. The molecule has 2 aromatic carbocycles. The Morgan fingerprint density at radius 3 is 2.75 bits per heavy atom. The average Bonchev–Trinajstić information content (AvgIpc) is 2.47. The van der Waals surface area contributed by atoms with Crippen molar-refractivity contribution in [1.29, 1.82) is 0 Å². The molecule has 1 aliphatic heterocycles. The number of carbonyl (C=O) groups is 1. The number of para-hydroxylation sites is 2. The summed E-state index contributed by atoms with van der Waals surface area (Å²) in [6.45, 7) is 0. The molecule has 20 heavy (non-hydrogen) atoms. The maximum absolute atomic E-state index is 12.0. The van der Waals surface area contributed by atoms with Gasteiger partial charge in [-0.2, -0.15) is 0 Å². The first-order valence-corrected chi connectivity index (χ1v) is 6.47. The van der Waals surface area contributed by atoms with Crippen molar-refractivity contribution in [2.45, 2.75) is 19.1 Å². The molecule has 0 aromatic heterocycles. The summed E-state index contributed by atoms with van der Waals surface area (Å²) in [5, 5.41) is 9.63. The highest BCUT2D eigenvalue weighted by Gasteiger charge is 2.24. The van der Waals surface area contributed by atoms with Crippen molar-refractivity contribution in [3.63, 3.8) is 0 Å². The van der Waals surface area contributed by atoms with Crippen LogP contribution < -0.4 is 4.74 Å². The van der Waals surface area contributed by atoms with Crippen molar-refractivity contribution >= 4 is 5.97 Å². The van der Waals surface area contributed by atoms with E-state index in [0.29, 0.717) is 6.42 Å². The molecule has 4 heteroatoms. The molecule has 102 valence electrons. The quantitative estimate of drug-likeness (QED) is 0.852. The van der Waals surface area contributed by atoms with E-state index in [4.69, 9.17) is 9.47 Å². The van der Waals surface area contributed by atoms with Gasteiger partial charge in [0.2, 0.25) is 6.29 Å². The first-order chi connectivity index (χ1) is 9.74. The minimum absolute atomic E-state index is 0.0892. The van der Waals surface area contributed by atoms with Crippen LogP contribution in [0.4, 0.5) is 0 Å². The molecule has 0 fully saturated rings. The van der Waals surface area contributed by atoms with Crippen LogP contribution in [0.15, 0.2) is 48.5 Å². The van der Waals surface area contributed by atoms with E-state index >= 15 is 0 Å². The summed E-state index contributed by atoms with van der Waals surface area (Å²) in [5.41, 5.74) is 1.26. The number of esters is 1. The number of carbonyl (C=O) groups excluding carboxylic acids is 1. The fraction of sp³-hybridized carbons (Fsp3) is 0.188. The largest absolute Gasteiger partial charge is 0.507 e. The maximum atomic E-state index is 12.0. The van der Waals surface area contributed by atoms with Crippen molar-refractivity contribution in [2.24, 2.45) is 0 Å². The van der Waals surface area contributed by atoms with Crippen molar-refractivity contribution in [1.82, 2.24) is 0 Å². The van der Waals surface area contributed by atoms with Gasteiger partial charge in [0, 0.05) is 6.42 Å². The van der Waals surface area contributed by atoms with Crippen LogP contribution in [0, 0.1) is 0 Å². The number of ether oxygens (including phenoxy) is 2. The number of benzene rings is 2. The lowest BCUT2D eigenvalue weighted by atomic mass is 10.1. The second kappa shape index (κ2) is 5.25. The van der Waals surface area contributed by atoms with Crippen molar-refractivity contribution in [2.75, 3.05) is 0 Å². The first kappa shape index (κ1) is 12.5. The molecular weight excluding hydrogens is 256 g/mol. The number of aryl methyl sites for hydroxylation is 1. The Labute approximate surface area is 116 Å². The topological polar surface area (TPSA) is 55.8 Å². The van der Waals surface area contributed by atoms with Crippen LogP contribution in [0.1, 0.15) is 22.3 Å². The van der Waals surface area contributed by atoms with Crippen LogP contribution >= 0.6 is 0 Å². The number of hydrogen-bond donors (Lipinski definition) is 1. The van der Waals surface area contributed by atoms with Crippen LogP contribution in [0.2, 0.25) is 0 Å². The van der Waals surface area contributed by atoms with Crippen LogP contribution in [0.3, 0.4) is 0 Å². The Kier molecular flexibility index (Phi) is 3.29. The van der Waals surface area contributed by atoms with Crippen molar-refractivity contribution < 1.29 is 19.4 Å². The summed E-state index contributed by atoms with van der Waals surface area (Å²) in [6, 6.07) is 14.0. The number of rotatable bonds is 2. The van der Waals surface area contributed by atoms with Gasteiger partial charge in [-0.05, 0) is 30.2 Å². The lowest BCUT2D eigenvalue weighted by Crippen LogP contribution is -2.28. The van der Waals surface area contributed by atoms with Crippen molar-refractivity contribution in [3.8, 4) is 11.5 Å². The average molecular weight is 270 g/mol. The van der Waals surface area contributed by atoms with Crippen LogP contribution in [0.5, 0.6) is 11.5 Å². The highest BCUT2D eigenvalue weighted by molar-refractivity contribution is 5.92. The maximum Gasteiger partial charge on any atom is 0.344 e. The van der Waals surface area contributed by atoms with Gasteiger partial charge >= 0.3 is 5.97 Å². The SMILES string of the molecule is O=C(OC1CCc2ccccc2O1)c1ccccc1O. The van der Waals surface area contributed by atoms with Gasteiger partial charge in [-0.3, -0.25) is 0 Å². The molecule has 1 aliphatic rings. The van der Waals surface area contributed by atoms with E-state index in [1.54, 1.807) is 12.1 Å². The zero-order valence-electron chi connectivity index (χ0n) is 10.8. The van der Waals surface area contributed by atoms with E-state index in [0.717, 1.165) is 17.7 Å². The fourth-order valence-electron chi connectivity index (χ4n) is 2.21. The Morgan fingerprint density at radius 1 is 1.15 bits per heavy atom. The number of fused-ring (bicyclic) bond motifs is 1. The molecule has 0 saturated heterocycles. The molecule has 0 spiro atoms. The van der Waals surface area contributed by atoms with Gasteiger partial charge in [-0.15, -0.1) is 0 Å². The number of phenolic OH excluding ortho intramolecular Hbond substituents is 1. The summed E-state index contributed by atoms with van der Waals surface area (Å²) < 4.78 is 10.9. The Bertz CT molecular complexity index is 636. The zero-order valence-corrected chi connectivity index (χ0v) is 10.8. The standard InChI is InChI=1S/C16H14O4/c17-13-7-3-2-6-12(13)16(18)20-15-10-9-11-5-1-4-8-14(11)19-15/h1-8,15,17H,9-10H2. The Hall–Kier alpha value is -2.49. The summed E-state index contributed by atoms with van der Waals surface area (Å²) in [4.78, 5) is 12.0. The van der Waals surface area contributed by atoms with Gasteiger partial charge in [-0.25, -0.2) is 4.79 Å². The molecule has 2 aromatic rings. The molecule has 1 atom stereocenters. The normalized spacial score (nSPS) is 16.9. The molecule has 0 aliphatic carbocycles. The number of phenols is 1. The van der Waals surface area contributed by atoms with E-state index in [1.807, 2.05) is 24.3 Å². The van der Waals surface area contributed by atoms with Crippen LogP contribution in [-0.2, 0) is 11.2 Å². The van der Waals surface area contributed by atoms with Crippen LogP contribution in [-0.4, -0.2) is 17.4 Å². The number of hydrogen-bond acceptors (Lipinski definition) is 4. The van der Waals surface area contributed by atoms with Crippen molar-refractivity contribution in [3.05, 3.63) is 59.7 Å². The Morgan fingerprint density at radius 2 is 1.90 bits per heavy atom. The van der Waals surface area contributed by atoms with Gasteiger partial charge in [0.15, 0.2) is 0 Å². The summed E-state index contributed by atoms with van der Waals surface area (Å²) in [5.74, 6) is 0.0787. The summed E-state index contributed by atoms with van der Waals surface area (Å²) in [7, 11) is 0. The lowest BCUT2D eigenvalue weighted by Gasteiger charge is -2.25. The van der Waals surface area contributed by atoms with E-state index in [9.17, 15) is 9.90 Å². The molecule has 4 nitrogen and oxygen atoms in total. The molecule has 0 saturated carbocycles. The summed E-state index contributed by atoms with van der Waals surface area (Å²) >= 11 is 0. The van der Waals surface area contributed by atoms with Crippen LogP contribution in [0.25, 0.3) is 0 Å². The van der Waals surface area contributed by atoms with Gasteiger partial charge in [0.25, 0.3) is 0 Å². The molecule has 1 unspecified atom stereocenters. The monoisotopic (exact) mass is 270 g/mol. The Balaban J connectivity index is 1.71. The molecular formula is C16H14O4. The van der Waals surface area contributed by atoms with Gasteiger partial charge in [0.1, 0.15) is 17.1 Å². The van der Waals surface area contributed by atoms with E-state index in [2.05, 4.69) is 0 Å². The number of aromatic hydroxyl groups is 1. The fourth-order valence-corrected chi connectivity index (χ4v) is 2.21. The van der Waals surface area contributed by atoms with E-state index in [1.165, 1.54) is 12.1 Å². The van der Waals surface area contributed by atoms with E-state index < -0.39 is 12.3 Å². The van der Waals surface area contributed by atoms with Gasteiger partial charge < -0.3 is 14.6 Å². The van der Waals surface area contributed by atoms with E-state index in [-0.39, 0.29) is 11.3 Å².